The summed E-state index contributed by atoms with van der Waals surface area (Å²) in [5.41, 5.74) is 2.19. The molecule has 2 aliphatic rings. The second kappa shape index (κ2) is 4.62. The van der Waals surface area contributed by atoms with Gasteiger partial charge in [0.2, 0.25) is 5.78 Å². The van der Waals surface area contributed by atoms with E-state index in [0.717, 1.165) is 24.1 Å². The Hall–Kier alpha value is -2.30. The molecule has 0 aliphatic heterocycles. The molecule has 0 bridgehead atoms. The fourth-order valence-electron chi connectivity index (χ4n) is 3.40. The molecule has 4 rings (SSSR count). The van der Waals surface area contributed by atoms with Crippen LogP contribution in [0.3, 0.4) is 0 Å². The van der Waals surface area contributed by atoms with Crippen LogP contribution in [0.2, 0.25) is 0 Å². The van der Waals surface area contributed by atoms with Gasteiger partial charge in [-0.3, -0.25) is 9.59 Å². The monoisotopic (exact) mass is 281 g/mol. The molecule has 1 aromatic carbocycles. The molecule has 0 atom stereocenters. The molecule has 106 valence electrons. The van der Waals surface area contributed by atoms with Crippen LogP contribution in [0, 0.1) is 0 Å². The van der Waals surface area contributed by atoms with E-state index in [9.17, 15) is 9.59 Å². The highest BCUT2D eigenvalue weighted by Crippen LogP contribution is 2.37. The fourth-order valence-corrected chi connectivity index (χ4v) is 3.40. The lowest BCUT2D eigenvalue weighted by Crippen LogP contribution is -2.23. The average molecular weight is 281 g/mol. The summed E-state index contributed by atoms with van der Waals surface area (Å²) in [4.78, 5) is 24.3. The molecule has 2 aromatic rings. The number of fused-ring (bicyclic) bond motifs is 3. The Kier molecular flexibility index (Phi) is 2.74. The van der Waals surface area contributed by atoms with Crippen LogP contribution >= 0.6 is 0 Å². The van der Waals surface area contributed by atoms with Crippen molar-refractivity contribution in [3.05, 3.63) is 35.5 Å². The quantitative estimate of drug-likeness (QED) is 0.754. The van der Waals surface area contributed by atoms with Crippen molar-refractivity contribution in [2.24, 2.45) is 0 Å². The van der Waals surface area contributed by atoms with Crippen molar-refractivity contribution in [3.8, 4) is 11.3 Å². The molecule has 0 saturated heterocycles. The molecule has 1 saturated carbocycles. The van der Waals surface area contributed by atoms with Gasteiger partial charge in [-0.2, -0.15) is 0 Å². The molecule has 1 heterocycles. The zero-order valence-corrected chi connectivity index (χ0v) is 11.6. The van der Waals surface area contributed by atoms with E-state index in [1.54, 1.807) is 12.1 Å². The lowest BCUT2D eigenvalue weighted by molar-refractivity contribution is 0.0812. The summed E-state index contributed by atoms with van der Waals surface area (Å²) in [6, 6.07) is 7.52. The van der Waals surface area contributed by atoms with E-state index in [4.69, 9.17) is 0 Å². The first-order valence-electron chi connectivity index (χ1n) is 7.41. The summed E-state index contributed by atoms with van der Waals surface area (Å²) in [7, 11) is 0. The molecule has 1 fully saturated rings. The Bertz CT molecular complexity index is 742. The second-order valence-corrected chi connectivity index (χ2v) is 5.73. The van der Waals surface area contributed by atoms with Crippen molar-refractivity contribution in [3.63, 3.8) is 0 Å². The smallest absolute Gasteiger partial charge is 0.256 e. The van der Waals surface area contributed by atoms with Crippen molar-refractivity contribution in [1.82, 2.24) is 15.0 Å². The summed E-state index contributed by atoms with van der Waals surface area (Å²) in [5, 5.41) is 8.20. The number of hydrogen-bond acceptors (Lipinski definition) is 4. The number of carbonyl (C=O) groups is 2. The average Bonchev–Trinajstić information content (AvgIpc) is 2.99. The minimum absolute atomic E-state index is 0.212. The second-order valence-electron chi connectivity index (χ2n) is 5.73. The predicted octanol–water partition coefficient (Wildman–Crippen LogP) is 2.83. The van der Waals surface area contributed by atoms with E-state index in [2.05, 4.69) is 10.3 Å². The summed E-state index contributed by atoms with van der Waals surface area (Å²) >= 11 is 0. The summed E-state index contributed by atoms with van der Waals surface area (Å²) in [5.74, 6) is -1.01. The third-order valence-electron chi connectivity index (χ3n) is 4.46. The maximum absolute atomic E-state index is 12.2. The Labute approximate surface area is 122 Å². The number of hydrogen-bond donors (Lipinski definition) is 0. The molecular formula is C16H15N3O2. The third kappa shape index (κ3) is 1.77. The number of rotatable bonds is 1. The standard InChI is InChI=1S/C16H15N3O2/c20-15-12-9-5-4-8-11(12)14-13(16(15)21)17-18-19(14)10-6-2-1-3-7-10/h4-5,8-10H,1-3,6-7H2. The Morgan fingerprint density at radius 3 is 2.43 bits per heavy atom. The highest BCUT2D eigenvalue weighted by Gasteiger charge is 2.36. The lowest BCUT2D eigenvalue weighted by Gasteiger charge is -2.24. The van der Waals surface area contributed by atoms with Gasteiger partial charge in [-0.1, -0.05) is 48.7 Å². The number of nitrogens with zero attached hydrogens (tertiary/aromatic N) is 3. The van der Waals surface area contributed by atoms with E-state index < -0.39 is 11.6 Å². The lowest BCUT2D eigenvalue weighted by atomic mass is 9.89. The molecule has 5 nitrogen and oxygen atoms in total. The van der Waals surface area contributed by atoms with Crippen LogP contribution < -0.4 is 0 Å². The van der Waals surface area contributed by atoms with Gasteiger partial charge in [-0.25, -0.2) is 4.68 Å². The van der Waals surface area contributed by atoms with Gasteiger partial charge in [-0.05, 0) is 12.8 Å². The van der Waals surface area contributed by atoms with Crippen molar-refractivity contribution in [2.75, 3.05) is 0 Å². The van der Waals surface area contributed by atoms with Crippen LogP contribution in [0.4, 0.5) is 0 Å². The summed E-state index contributed by atoms with van der Waals surface area (Å²) < 4.78 is 1.87. The number of ketones is 2. The molecule has 0 radical (unpaired) electrons. The Morgan fingerprint density at radius 2 is 1.67 bits per heavy atom. The Morgan fingerprint density at radius 1 is 0.952 bits per heavy atom. The predicted molar refractivity (Wildman–Crippen MR) is 76.2 cm³/mol. The maximum Gasteiger partial charge on any atom is 0.256 e. The molecule has 2 aliphatic carbocycles. The summed E-state index contributed by atoms with van der Waals surface area (Å²) in [6.07, 6.45) is 5.71. The number of carbonyl (C=O) groups excluding carboxylic acids is 2. The first kappa shape index (κ1) is 12.4. The minimum Gasteiger partial charge on any atom is -0.285 e. The molecule has 21 heavy (non-hydrogen) atoms. The molecule has 0 spiro atoms. The SMILES string of the molecule is O=C1C(=O)c2nnn(C3CCCCC3)c2-c2ccccc21. The molecular weight excluding hydrogens is 266 g/mol. The van der Waals surface area contributed by atoms with Crippen molar-refractivity contribution in [2.45, 2.75) is 38.1 Å². The number of Topliss-reactive ketones (excluding diaryl/α,β-unsaturated/α-hetero) is 2. The van der Waals surface area contributed by atoms with Crippen LogP contribution in [-0.2, 0) is 0 Å². The van der Waals surface area contributed by atoms with E-state index in [1.165, 1.54) is 19.3 Å². The highest BCUT2D eigenvalue weighted by molar-refractivity contribution is 6.52. The van der Waals surface area contributed by atoms with Crippen LogP contribution in [0.15, 0.2) is 24.3 Å². The van der Waals surface area contributed by atoms with Crippen LogP contribution in [-0.4, -0.2) is 26.6 Å². The molecule has 0 N–H and O–H groups in total. The molecule has 0 amide bonds. The first-order valence-corrected chi connectivity index (χ1v) is 7.41. The van der Waals surface area contributed by atoms with Crippen LogP contribution in [0.1, 0.15) is 59.0 Å². The van der Waals surface area contributed by atoms with Gasteiger partial charge in [0.05, 0.1) is 6.04 Å². The van der Waals surface area contributed by atoms with E-state index in [1.807, 2.05) is 16.8 Å². The highest BCUT2D eigenvalue weighted by atomic mass is 16.2. The van der Waals surface area contributed by atoms with Crippen molar-refractivity contribution >= 4 is 11.6 Å². The minimum atomic E-state index is -0.536. The van der Waals surface area contributed by atoms with Crippen LogP contribution in [0.5, 0.6) is 0 Å². The van der Waals surface area contributed by atoms with E-state index in [-0.39, 0.29) is 11.7 Å². The van der Waals surface area contributed by atoms with Crippen LogP contribution in [0.25, 0.3) is 11.3 Å². The first-order chi connectivity index (χ1) is 10.3. The largest absolute Gasteiger partial charge is 0.285 e. The van der Waals surface area contributed by atoms with Gasteiger partial charge in [0.25, 0.3) is 5.78 Å². The molecule has 5 heteroatoms. The zero-order valence-electron chi connectivity index (χ0n) is 11.6. The Balaban J connectivity index is 1.91. The molecule has 1 aromatic heterocycles. The maximum atomic E-state index is 12.2. The summed E-state index contributed by atoms with van der Waals surface area (Å²) in [6.45, 7) is 0. The van der Waals surface area contributed by atoms with Gasteiger partial charge < -0.3 is 0 Å². The molecule has 0 unspecified atom stereocenters. The number of aromatic nitrogens is 3. The number of benzene rings is 1. The fraction of sp³-hybridized carbons (Fsp3) is 0.375. The zero-order chi connectivity index (χ0) is 14.4. The van der Waals surface area contributed by atoms with E-state index >= 15 is 0 Å². The van der Waals surface area contributed by atoms with Gasteiger partial charge in [-0.15, -0.1) is 5.10 Å². The van der Waals surface area contributed by atoms with Gasteiger partial charge in [0.15, 0.2) is 5.69 Å². The van der Waals surface area contributed by atoms with Crippen molar-refractivity contribution in [1.29, 1.82) is 0 Å². The topological polar surface area (TPSA) is 64.8 Å². The van der Waals surface area contributed by atoms with Gasteiger partial charge in [0.1, 0.15) is 5.69 Å². The van der Waals surface area contributed by atoms with Gasteiger partial charge >= 0.3 is 0 Å². The van der Waals surface area contributed by atoms with Gasteiger partial charge in [0, 0.05) is 11.1 Å². The van der Waals surface area contributed by atoms with Crippen molar-refractivity contribution < 1.29 is 9.59 Å². The third-order valence-corrected chi connectivity index (χ3v) is 4.46. The van der Waals surface area contributed by atoms with E-state index in [0.29, 0.717) is 5.56 Å². The normalized spacial score (nSPS) is 18.5.